The van der Waals surface area contributed by atoms with Gasteiger partial charge in [0.05, 0.1) is 20.7 Å². The maximum absolute atomic E-state index is 12.3. The van der Waals surface area contributed by atoms with E-state index in [0.29, 0.717) is 20.7 Å². The first-order chi connectivity index (χ1) is 8.58. The van der Waals surface area contributed by atoms with Gasteiger partial charge >= 0.3 is 0 Å². The number of benzene rings is 1. The maximum Gasteiger partial charge on any atom is 0.0589 e. The molecular weight excluding hydrogens is 289 g/mol. The third kappa shape index (κ3) is 4.88. The van der Waals surface area contributed by atoms with Crippen LogP contribution in [0.1, 0.15) is 26.7 Å². The Labute approximate surface area is 122 Å². The lowest BCUT2D eigenvalue weighted by Crippen LogP contribution is -2.33. The van der Waals surface area contributed by atoms with Crippen molar-refractivity contribution in [2.75, 3.05) is 12.3 Å². The molecule has 2 nitrogen and oxygen atoms in total. The van der Waals surface area contributed by atoms with Gasteiger partial charge in [-0.05, 0) is 31.2 Å². The van der Waals surface area contributed by atoms with Gasteiger partial charge < -0.3 is 5.32 Å². The highest BCUT2D eigenvalue weighted by molar-refractivity contribution is 7.85. The molecule has 0 amide bonds. The summed E-state index contributed by atoms with van der Waals surface area (Å²) in [4.78, 5) is 0.628. The molecule has 1 N–H and O–H groups in total. The third-order valence-electron chi connectivity index (χ3n) is 2.62. The maximum atomic E-state index is 12.3. The number of hydrogen-bond acceptors (Lipinski definition) is 2. The fraction of sp³-hybridized carbons (Fsp3) is 0.538. The minimum atomic E-state index is -1.12. The average molecular weight is 308 g/mol. The van der Waals surface area contributed by atoms with Crippen LogP contribution in [0.2, 0.25) is 10.0 Å². The minimum Gasteiger partial charge on any atom is -0.313 e. The fourth-order valence-electron chi connectivity index (χ4n) is 1.81. The summed E-state index contributed by atoms with van der Waals surface area (Å²) in [7, 11) is -1.12. The monoisotopic (exact) mass is 307 g/mol. The first-order valence-corrected chi connectivity index (χ1v) is 8.22. The Morgan fingerprint density at radius 3 is 2.67 bits per heavy atom. The van der Waals surface area contributed by atoms with Crippen molar-refractivity contribution < 1.29 is 4.21 Å². The second kappa shape index (κ2) is 8.16. The second-order valence-corrected chi connectivity index (χ2v) is 6.44. The molecule has 5 heteroatoms. The van der Waals surface area contributed by atoms with Crippen molar-refractivity contribution in [2.45, 2.75) is 37.6 Å². The van der Waals surface area contributed by atoms with E-state index in [1.807, 2.05) is 0 Å². The van der Waals surface area contributed by atoms with Gasteiger partial charge in [0.15, 0.2) is 0 Å². The van der Waals surface area contributed by atoms with Crippen LogP contribution in [-0.4, -0.2) is 22.5 Å². The van der Waals surface area contributed by atoms with Crippen LogP contribution in [0.5, 0.6) is 0 Å². The molecule has 0 bridgehead atoms. The summed E-state index contributed by atoms with van der Waals surface area (Å²) in [5.74, 6) is 0.571. The number of nitrogens with one attached hydrogen (secondary N) is 1. The molecule has 0 aliphatic rings. The zero-order valence-corrected chi connectivity index (χ0v) is 13.0. The number of halogens is 2. The van der Waals surface area contributed by atoms with Gasteiger partial charge in [-0.2, -0.15) is 0 Å². The van der Waals surface area contributed by atoms with Crippen molar-refractivity contribution in [3.8, 4) is 0 Å². The summed E-state index contributed by atoms with van der Waals surface area (Å²) in [6.07, 6.45) is 2.08. The molecule has 18 heavy (non-hydrogen) atoms. The van der Waals surface area contributed by atoms with Gasteiger partial charge in [0, 0.05) is 16.8 Å². The Balaban J connectivity index is 2.76. The highest BCUT2D eigenvalue weighted by Gasteiger charge is 2.15. The van der Waals surface area contributed by atoms with Crippen molar-refractivity contribution >= 4 is 34.0 Å². The van der Waals surface area contributed by atoms with Gasteiger partial charge in [0.1, 0.15) is 0 Å². The molecule has 0 aliphatic carbocycles. The van der Waals surface area contributed by atoms with Gasteiger partial charge in [0.2, 0.25) is 0 Å². The molecule has 0 saturated carbocycles. The second-order valence-electron chi connectivity index (χ2n) is 4.13. The van der Waals surface area contributed by atoms with Crippen LogP contribution in [0.15, 0.2) is 23.1 Å². The van der Waals surface area contributed by atoms with Crippen molar-refractivity contribution in [3.05, 3.63) is 28.2 Å². The molecule has 1 aromatic rings. The summed E-state index contributed by atoms with van der Waals surface area (Å²) >= 11 is 12.0. The van der Waals surface area contributed by atoms with E-state index < -0.39 is 10.8 Å². The Kier molecular flexibility index (Phi) is 7.23. The van der Waals surface area contributed by atoms with Gasteiger partial charge in [0.25, 0.3) is 0 Å². The molecule has 2 atom stereocenters. The lowest BCUT2D eigenvalue weighted by molar-refractivity contribution is 0.525. The molecule has 1 rings (SSSR count). The van der Waals surface area contributed by atoms with E-state index in [4.69, 9.17) is 23.2 Å². The van der Waals surface area contributed by atoms with Crippen molar-refractivity contribution in [1.82, 2.24) is 5.32 Å². The molecule has 1 aromatic carbocycles. The smallest absolute Gasteiger partial charge is 0.0589 e. The Morgan fingerprint density at radius 1 is 1.33 bits per heavy atom. The zero-order valence-electron chi connectivity index (χ0n) is 10.7. The van der Waals surface area contributed by atoms with E-state index in [-0.39, 0.29) is 6.04 Å². The summed E-state index contributed by atoms with van der Waals surface area (Å²) < 4.78 is 12.3. The van der Waals surface area contributed by atoms with E-state index in [9.17, 15) is 4.21 Å². The minimum absolute atomic E-state index is 0.260. The predicted octanol–water partition coefficient (Wildman–Crippen LogP) is 3.88. The van der Waals surface area contributed by atoms with E-state index in [1.165, 1.54) is 0 Å². The zero-order chi connectivity index (χ0) is 13.5. The quantitative estimate of drug-likeness (QED) is 0.828. The van der Waals surface area contributed by atoms with Gasteiger partial charge in [-0.3, -0.25) is 4.21 Å². The first kappa shape index (κ1) is 16.0. The van der Waals surface area contributed by atoms with Gasteiger partial charge in [-0.1, -0.05) is 43.5 Å². The highest BCUT2D eigenvalue weighted by atomic mass is 35.5. The normalized spacial score (nSPS) is 14.4. The number of rotatable bonds is 7. The Morgan fingerprint density at radius 2 is 2.06 bits per heavy atom. The van der Waals surface area contributed by atoms with E-state index in [0.717, 1.165) is 19.4 Å². The lowest BCUT2D eigenvalue weighted by Gasteiger charge is -2.17. The van der Waals surface area contributed by atoms with Crippen molar-refractivity contribution in [3.63, 3.8) is 0 Å². The molecule has 0 aliphatic heterocycles. The summed E-state index contributed by atoms with van der Waals surface area (Å²) in [5, 5.41) is 4.44. The lowest BCUT2D eigenvalue weighted by atomic mass is 10.2. The molecule has 0 fully saturated rings. The molecule has 0 saturated heterocycles. The average Bonchev–Trinajstić information content (AvgIpc) is 2.33. The molecule has 0 spiro atoms. The van der Waals surface area contributed by atoms with Crippen LogP contribution < -0.4 is 5.32 Å². The third-order valence-corrected chi connectivity index (χ3v) is 4.83. The van der Waals surface area contributed by atoms with Gasteiger partial charge in [-0.25, -0.2) is 0 Å². The van der Waals surface area contributed by atoms with Gasteiger partial charge in [-0.15, -0.1) is 0 Å². The van der Waals surface area contributed by atoms with E-state index in [1.54, 1.807) is 18.2 Å². The van der Waals surface area contributed by atoms with Crippen LogP contribution in [-0.2, 0) is 10.8 Å². The van der Waals surface area contributed by atoms with E-state index in [2.05, 4.69) is 19.2 Å². The SMILES string of the molecule is CCCC(CS(=O)c1cc(Cl)ccc1Cl)NCC. The molecule has 0 radical (unpaired) electrons. The molecule has 2 unspecified atom stereocenters. The molecule has 0 heterocycles. The van der Waals surface area contributed by atoms with Crippen molar-refractivity contribution in [2.24, 2.45) is 0 Å². The predicted molar refractivity (Wildman–Crippen MR) is 80.1 cm³/mol. The largest absolute Gasteiger partial charge is 0.313 e. The van der Waals surface area contributed by atoms with Crippen LogP contribution in [0.3, 0.4) is 0 Å². The van der Waals surface area contributed by atoms with Crippen LogP contribution in [0.4, 0.5) is 0 Å². The highest BCUT2D eigenvalue weighted by Crippen LogP contribution is 2.24. The van der Waals surface area contributed by atoms with Crippen molar-refractivity contribution in [1.29, 1.82) is 0 Å². The summed E-state index contributed by atoms with van der Waals surface area (Å²) in [6, 6.07) is 5.35. The van der Waals surface area contributed by atoms with Crippen LogP contribution in [0, 0.1) is 0 Å². The Hall–Kier alpha value is -0.0900. The molecule has 102 valence electrons. The summed E-state index contributed by atoms with van der Waals surface area (Å²) in [6.45, 7) is 5.06. The molecule has 0 aromatic heterocycles. The number of hydrogen-bond donors (Lipinski definition) is 1. The Bertz CT molecular complexity index is 406. The summed E-state index contributed by atoms with van der Waals surface area (Å²) in [5.41, 5.74) is 0. The first-order valence-electron chi connectivity index (χ1n) is 6.15. The van der Waals surface area contributed by atoms with Crippen LogP contribution >= 0.6 is 23.2 Å². The fourth-order valence-corrected chi connectivity index (χ4v) is 3.79. The standard InChI is InChI=1S/C13H19Cl2NOS/c1-3-5-11(16-4-2)9-18(17)13-8-10(14)6-7-12(13)15/h6-8,11,16H,3-5,9H2,1-2H3. The van der Waals surface area contributed by atoms with E-state index >= 15 is 0 Å². The van der Waals surface area contributed by atoms with Crippen LogP contribution in [0.25, 0.3) is 0 Å². The molecular formula is C13H19Cl2NOS. The topological polar surface area (TPSA) is 29.1 Å².